The Kier molecular flexibility index (Phi) is 3.89. The van der Waals surface area contributed by atoms with Crippen LogP contribution in [0.2, 0.25) is 0 Å². The molecule has 0 bridgehead atoms. The minimum Gasteiger partial charge on any atom is -0.462 e. The van der Waals surface area contributed by atoms with Gasteiger partial charge in [-0.25, -0.2) is 4.79 Å². The fourth-order valence-electron chi connectivity index (χ4n) is 2.69. The zero-order valence-electron chi connectivity index (χ0n) is 12.2. The van der Waals surface area contributed by atoms with Gasteiger partial charge in [0.2, 0.25) is 0 Å². The summed E-state index contributed by atoms with van der Waals surface area (Å²) in [5, 5.41) is 0.812. The van der Waals surface area contributed by atoms with Crippen LogP contribution in [0.3, 0.4) is 0 Å². The lowest BCUT2D eigenvalue weighted by molar-refractivity contribution is 0.0529. The van der Waals surface area contributed by atoms with E-state index in [0.717, 1.165) is 43.8 Å². The van der Waals surface area contributed by atoms with E-state index in [0.29, 0.717) is 22.7 Å². The number of esters is 1. The second-order valence-corrected chi connectivity index (χ2v) is 6.58. The lowest BCUT2D eigenvalue weighted by Crippen LogP contribution is -2.20. The number of ketones is 1. The largest absolute Gasteiger partial charge is 0.462 e. The molecule has 2 aliphatic rings. The highest BCUT2D eigenvalue weighted by atomic mass is 32.1. The Hall–Kier alpha value is -1.56. The Morgan fingerprint density at radius 2 is 2.00 bits per heavy atom. The Balaban J connectivity index is 2.01. The van der Waals surface area contributed by atoms with Crippen LogP contribution in [0.15, 0.2) is 0 Å². The highest BCUT2D eigenvalue weighted by molar-refractivity contribution is 7.19. The number of carbonyl (C=O) groups excluding carboxylic acids is 2. The van der Waals surface area contributed by atoms with Gasteiger partial charge in [-0.3, -0.25) is 4.79 Å². The molecule has 5 nitrogen and oxygen atoms in total. The molecule has 0 atom stereocenters. The zero-order chi connectivity index (χ0) is 15.0. The maximum atomic E-state index is 12.3. The first-order valence-corrected chi connectivity index (χ1v) is 8.33. The molecule has 0 spiro atoms. The summed E-state index contributed by atoms with van der Waals surface area (Å²) in [4.78, 5) is 27.3. The smallest absolute Gasteiger partial charge is 0.343 e. The predicted molar refractivity (Wildman–Crippen MR) is 83.2 cm³/mol. The van der Waals surface area contributed by atoms with Crippen LogP contribution in [-0.4, -0.2) is 31.4 Å². The topological polar surface area (TPSA) is 72.6 Å². The van der Waals surface area contributed by atoms with Crippen LogP contribution in [0.4, 0.5) is 10.7 Å². The van der Waals surface area contributed by atoms with Crippen LogP contribution in [0, 0.1) is 5.92 Å². The SMILES string of the molecule is CCOC(=O)c1c(N2CCCC2)sc(C(=O)C2CC2)c1N. The van der Waals surface area contributed by atoms with Gasteiger partial charge in [-0.2, -0.15) is 0 Å². The number of thiophene rings is 1. The van der Waals surface area contributed by atoms with Gasteiger partial charge in [0.05, 0.1) is 17.2 Å². The molecule has 2 N–H and O–H groups in total. The van der Waals surface area contributed by atoms with Crippen LogP contribution >= 0.6 is 11.3 Å². The molecule has 21 heavy (non-hydrogen) atoms. The molecule has 1 saturated heterocycles. The highest BCUT2D eigenvalue weighted by Gasteiger charge is 2.36. The van der Waals surface area contributed by atoms with Crippen molar-refractivity contribution >= 4 is 33.8 Å². The molecule has 1 saturated carbocycles. The highest BCUT2D eigenvalue weighted by Crippen LogP contribution is 2.44. The van der Waals surface area contributed by atoms with Crippen molar-refractivity contribution in [3.8, 4) is 0 Å². The number of rotatable bonds is 5. The molecule has 0 radical (unpaired) electrons. The third-order valence-corrected chi connectivity index (χ3v) is 5.25. The first-order chi connectivity index (χ1) is 10.1. The summed E-state index contributed by atoms with van der Waals surface area (Å²) < 4.78 is 5.13. The van der Waals surface area contributed by atoms with E-state index in [-0.39, 0.29) is 11.7 Å². The van der Waals surface area contributed by atoms with Crippen molar-refractivity contribution in [3.63, 3.8) is 0 Å². The molecule has 0 amide bonds. The maximum Gasteiger partial charge on any atom is 0.343 e. The molecule has 0 unspecified atom stereocenters. The van der Waals surface area contributed by atoms with Crippen molar-refractivity contribution in [2.45, 2.75) is 32.6 Å². The Morgan fingerprint density at radius 1 is 1.33 bits per heavy atom. The standard InChI is InChI=1S/C15H20N2O3S/c1-2-20-15(19)10-11(16)13(12(18)9-5-6-9)21-14(10)17-7-3-4-8-17/h9H,2-8,16H2,1H3. The number of ether oxygens (including phenoxy) is 1. The molecule has 1 aromatic heterocycles. The van der Waals surface area contributed by atoms with E-state index in [4.69, 9.17) is 10.5 Å². The molecule has 6 heteroatoms. The molecule has 1 aliphatic heterocycles. The van der Waals surface area contributed by atoms with E-state index >= 15 is 0 Å². The molecule has 1 aromatic rings. The van der Waals surface area contributed by atoms with Crippen LogP contribution in [0.1, 0.15) is 52.6 Å². The van der Waals surface area contributed by atoms with E-state index in [9.17, 15) is 9.59 Å². The molecular weight excluding hydrogens is 288 g/mol. The quantitative estimate of drug-likeness (QED) is 0.669. The minimum absolute atomic E-state index is 0.0912. The van der Waals surface area contributed by atoms with E-state index in [1.807, 2.05) is 0 Å². The van der Waals surface area contributed by atoms with Gasteiger partial charge in [0.1, 0.15) is 10.6 Å². The summed E-state index contributed by atoms with van der Waals surface area (Å²) in [6, 6.07) is 0. The predicted octanol–water partition coefficient (Wildman–Crippen LogP) is 2.70. The van der Waals surface area contributed by atoms with Gasteiger partial charge in [0.15, 0.2) is 5.78 Å². The van der Waals surface area contributed by atoms with Gasteiger partial charge in [0.25, 0.3) is 0 Å². The molecule has 3 rings (SSSR count). The first kappa shape index (κ1) is 14.4. The van der Waals surface area contributed by atoms with Crippen LogP contribution < -0.4 is 10.6 Å². The van der Waals surface area contributed by atoms with Gasteiger partial charge < -0.3 is 15.4 Å². The molecule has 114 valence electrons. The summed E-state index contributed by atoms with van der Waals surface area (Å²) in [7, 11) is 0. The lowest BCUT2D eigenvalue weighted by Gasteiger charge is -2.16. The molecule has 2 heterocycles. The van der Waals surface area contributed by atoms with Crippen LogP contribution in [0.25, 0.3) is 0 Å². The summed E-state index contributed by atoms with van der Waals surface area (Å²) in [5.41, 5.74) is 6.84. The Bertz CT molecular complexity index is 572. The molecule has 1 aliphatic carbocycles. The van der Waals surface area contributed by atoms with Gasteiger partial charge in [-0.05, 0) is 32.6 Å². The number of nitrogens with two attached hydrogens (primary N) is 1. The van der Waals surface area contributed by atoms with Crippen LogP contribution in [0.5, 0.6) is 0 Å². The number of hydrogen-bond donors (Lipinski definition) is 1. The first-order valence-electron chi connectivity index (χ1n) is 7.52. The third-order valence-electron chi connectivity index (χ3n) is 3.97. The number of nitrogen functional groups attached to an aromatic ring is 1. The Labute approximate surface area is 128 Å². The monoisotopic (exact) mass is 308 g/mol. The fourth-order valence-corrected chi connectivity index (χ4v) is 3.97. The van der Waals surface area contributed by atoms with Gasteiger partial charge in [-0.1, -0.05) is 0 Å². The molecule has 2 fully saturated rings. The van der Waals surface area contributed by atoms with Crippen molar-refractivity contribution in [3.05, 3.63) is 10.4 Å². The Morgan fingerprint density at radius 3 is 2.57 bits per heavy atom. The van der Waals surface area contributed by atoms with E-state index in [1.54, 1.807) is 6.92 Å². The number of nitrogens with zero attached hydrogens (tertiary/aromatic N) is 1. The maximum absolute atomic E-state index is 12.3. The summed E-state index contributed by atoms with van der Waals surface area (Å²) in [5.74, 6) is -0.219. The van der Waals surface area contributed by atoms with Crippen molar-refractivity contribution in [2.24, 2.45) is 5.92 Å². The summed E-state index contributed by atoms with van der Waals surface area (Å²) in [6.07, 6.45) is 4.08. The second kappa shape index (κ2) is 5.67. The van der Waals surface area contributed by atoms with Gasteiger partial charge >= 0.3 is 5.97 Å². The lowest BCUT2D eigenvalue weighted by atomic mass is 10.1. The number of anilines is 2. The van der Waals surface area contributed by atoms with E-state index in [1.165, 1.54) is 11.3 Å². The number of Topliss-reactive ketones (excluding diaryl/α,β-unsaturated/α-hetero) is 1. The van der Waals surface area contributed by atoms with Crippen LogP contribution in [-0.2, 0) is 4.74 Å². The molecular formula is C15H20N2O3S. The van der Waals surface area contributed by atoms with E-state index < -0.39 is 5.97 Å². The minimum atomic E-state index is -0.414. The normalized spacial score (nSPS) is 18.0. The molecule has 0 aromatic carbocycles. The van der Waals surface area contributed by atoms with Gasteiger partial charge in [-0.15, -0.1) is 11.3 Å². The second-order valence-electron chi connectivity index (χ2n) is 5.58. The number of hydrogen-bond acceptors (Lipinski definition) is 6. The van der Waals surface area contributed by atoms with Crippen molar-refractivity contribution < 1.29 is 14.3 Å². The fraction of sp³-hybridized carbons (Fsp3) is 0.600. The summed E-state index contributed by atoms with van der Waals surface area (Å²) >= 11 is 1.36. The van der Waals surface area contributed by atoms with E-state index in [2.05, 4.69) is 4.90 Å². The summed E-state index contributed by atoms with van der Waals surface area (Å²) in [6.45, 7) is 3.89. The van der Waals surface area contributed by atoms with Gasteiger partial charge in [0, 0.05) is 19.0 Å². The third kappa shape index (κ3) is 2.64. The van der Waals surface area contributed by atoms with Crippen molar-refractivity contribution in [1.29, 1.82) is 0 Å². The van der Waals surface area contributed by atoms with Crippen molar-refractivity contribution in [2.75, 3.05) is 30.3 Å². The average molecular weight is 308 g/mol. The zero-order valence-corrected chi connectivity index (χ0v) is 13.0. The average Bonchev–Trinajstić information content (AvgIpc) is 3.05. The van der Waals surface area contributed by atoms with Crippen molar-refractivity contribution in [1.82, 2.24) is 0 Å². The number of carbonyl (C=O) groups is 2.